The number of aromatic nitrogens is 4. The van der Waals surface area contributed by atoms with Crippen LogP contribution < -0.4 is 5.32 Å². The number of rotatable bonds is 6. The molecule has 136 valence electrons. The topological polar surface area (TPSA) is 55.6 Å². The van der Waals surface area contributed by atoms with Crippen LogP contribution in [0.3, 0.4) is 0 Å². The zero-order valence-corrected chi connectivity index (χ0v) is 15.6. The first-order valence-corrected chi connectivity index (χ1v) is 8.85. The van der Waals surface area contributed by atoms with Crippen LogP contribution >= 0.6 is 0 Å². The van der Waals surface area contributed by atoms with E-state index in [-0.39, 0.29) is 11.9 Å². The first kappa shape index (κ1) is 18.0. The lowest BCUT2D eigenvalue weighted by atomic mass is 10.1. The molecule has 0 amide bonds. The molecule has 3 rings (SSSR count). The Balaban J connectivity index is 2.07. The smallest absolute Gasteiger partial charge is 0.223 e. The van der Waals surface area contributed by atoms with Crippen molar-refractivity contribution in [2.75, 3.05) is 5.32 Å². The quantitative estimate of drug-likeness (QED) is 0.702. The van der Waals surface area contributed by atoms with E-state index in [2.05, 4.69) is 29.1 Å². The molecule has 0 bridgehead atoms. The number of hydrogen-bond donors (Lipinski definition) is 1. The molecule has 6 heteroatoms. The Kier molecular flexibility index (Phi) is 5.30. The van der Waals surface area contributed by atoms with Gasteiger partial charge in [0, 0.05) is 36.1 Å². The summed E-state index contributed by atoms with van der Waals surface area (Å²) < 4.78 is 15.2. The van der Waals surface area contributed by atoms with E-state index in [1.165, 1.54) is 12.1 Å². The van der Waals surface area contributed by atoms with Gasteiger partial charge in [0.2, 0.25) is 5.95 Å². The van der Waals surface area contributed by atoms with E-state index < -0.39 is 0 Å². The summed E-state index contributed by atoms with van der Waals surface area (Å²) in [5.74, 6) is 0.786. The van der Waals surface area contributed by atoms with Crippen LogP contribution in [-0.4, -0.2) is 25.8 Å². The second-order valence-electron chi connectivity index (χ2n) is 7.08. The first-order chi connectivity index (χ1) is 12.4. The number of benzene rings is 1. The standard InChI is InChI=1S/C20H24FN5/c1-13(2)11-26-12-17(18-9-10-22-20(24-18)23-14(3)4)19(25-26)15-5-7-16(21)8-6-15/h5-10,12-14H,11H2,1-4H3,(H,22,23,24). The van der Waals surface area contributed by atoms with Crippen molar-refractivity contribution < 1.29 is 4.39 Å². The molecule has 0 atom stereocenters. The third kappa shape index (κ3) is 4.25. The fraction of sp³-hybridized carbons (Fsp3) is 0.350. The van der Waals surface area contributed by atoms with Crippen molar-refractivity contribution in [1.82, 2.24) is 19.7 Å². The second kappa shape index (κ2) is 7.64. The van der Waals surface area contributed by atoms with Gasteiger partial charge in [0.1, 0.15) is 11.5 Å². The average molecular weight is 353 g/mol. The van der Waals surface area contributed by atoms with Crippen molar-refractivity contribution in [2.24, 2.45) is 5.92 Å². The molecule has 3 aromatic rings. The molecule has 0 saturated heterocycles. The van der Waals surface area contributed by atoms with Gasteiger partial charge < -0.3 is 5.32 Å². The van der Waals surface area contributed by atoms with Crippen LogP contribution in [0.2, 0.25) is 0 Å². The molecular weight excluding hydrogens is 329 g/mol. The van der Waals surface area contributed by atoms with Crippen molar-refractivity contribution in [3.8, 4) is 22.5 Å². The lowest BCUT2D eigenvalue weighted by Crippen LogP contribution is -2.12. The predicted octanol–water partition coefficient (Wildman–Crippen LogP) is 4.62. The van der Waals surface area contributed by atoms with E-state index >= 15 is 0 Å². The van der Waals surface area contributed by atoms with Gasteiger partial charge in [-0.05, 0) is 50.1 Å². The highest BCUT2D eigenvalue weighted by Gasteiger charge is 2.16. The third-order valence-electron chi connectivity index (χ3n) is 3.78. The van der Waals surface area contributed by atoms with Crippen molar-refractivity contribution in [3.63, 3.8) is 0 Å². The van der Waals surface area contributed by atoms with Gasteiger partial charge in [0.25, 0.3) is 0 Å². The SMILES string of the molecule is CC(C)Cn1cc(-c2ccnc(NC(C)C)n2)c(-c2ccc(F)cc2)n1. The molecular formula is C20H24FN5. The predicted molar refractivity (Wildman–Crippen MR) is 102 cm³/mol. The molecule has 0 aliphatic carbocycles. The van der Waals surface area contributed by atoms with E-state index in [9.17, 15) is 4.39 Å². The lowest BCUT2D eigenvalue weighted by molar-refractivity contribution is 0.484. The summed E-state index contributed by atoms with van der Waals surface area (Å²) in [6.45, 7) is 9.18. The van der Waals surface area contributed by atoms with Crippen LogP contribution in [0.4, 0.5) is 10.3 Å². The fourth-order valence-corrected chi connectivity index (χ4v) is 2.73. The highest BCUT2D eigenvalue weighted by molar-refractivity contribution is 5.78. The molecule has 0 unspecified atom stereocenters. The summed E-state index contributed by atoms with van der Waals surface area (Å²) in [6.07, 6.45) is 3.74. The van der Waals surface area contributed by atoms with Gasteiger partial charge in [0.15, 0.2) is 0 Å². The molecule has 26 heavy (non-hydrogen) atoms. The van der Waals surface area contributed by atoms with Gasteiger partial charge >= 0.3 is 0 Å². The summed E-state index contributed by atoms with van der Waals surface area (Å²) >= 11 is 0. The van der Waals surface area contributed by atoms with E-state index in [0.717, 1.165) is 29.1 Å². The Labute approximate surface area is 153 Å². The molecule has 0 fully saturated rings. The largest absolute Gasteiger partial charge is 0.352 e. The number of hydrogen-bond acceptors (Lipinski definition) is 4. The number of anilines is 1. The summed E-state index contributed by atoms with van der Waals surface area (Å²) in [4.78, 5) is 8.90. The van der Waals surface area contributed by atoms with E-state index in [0.29, 0.717) is 11.9 Å². The Hall–Kier alpha value is -2.76. The molecule has 1 aromatic carbocycles. The molecule has 0 aliphatic heterocycles. The van der Waals surface area contributed by atoms with Gasteiger partial charge in [-0.3, -0.25) is 4.68 Å². The van der Waals surface area contributed by atoms with Gasteiger partial charge in [-0.25, -0.2) is 14.4 Å². The molecule has 0 aliphatic rings. The van der Waals surface area contributed by atoms with Crippen LogP contribution in [0.5, 0.6) is 0 Å². The van der Waals surface area contributed by atoms with Gasteiger partial charge in [-0.2, -0.15) is 5.10 Å². The van der Waals surface area contributed by atoms with Crippen LogP contribution in [0, 0.1) is 11.7 Å². The van der Waals surface area contributed by atoms with Gasteiger partial charge in [0.05, 0.1) is 5.69 Å². The maximum atomic E-state index is 13.3. The molecule has 2 heterocycles. The van der Waals surface area contributed by atoms with E-state index in [1.54, 1.807) is 18.3 Å². The minimum atomic E-state index is -0.262. The van der Waals surface area contributed by atoms with E-state index in [1.807, 2.05) is 30.8 Å². The molecule has 2 aromatic heterocycles. The molecule has 5 nitrogen and oxygen atoms in total. The molecule has 0 spiro atoms. The zero-order chi connectivity index (χ0) is 18.7. The lowest BCUT2D eigenvalue weighted by Gasteiger charge is -2.09. The van der Waals surface area contributed by atoms with E-state index in [4.69, 9.17) is 5.10 Å². The maximum Gasteiger partial charge on any atom is 0.223 e. The highest BCUT2D eigenvalue weighted by Crippen LogP contribution is 2.30. The molecule has 1 N–H and O–H groups in total. The highest BCUT2D eigenvalue weighted by atomic mass is 19.1. The summed E-state index contributed by atoms with van der Waals surface area (Å²) in [5.41, 5.74) is 3.35. The zero-order valence-electron chi connectivity index (χ0n) is 15.6. The average Bonchev–Trinajstić information content (AvgIpc) is 2.98. The third-order valence-corrected chi connectivity index (χ3v) is 3.78. The van der Waals surface area contributed by atoms with Gasteiger partial charge in [-0.15, -0.1) is 0 Å². The Bertz CT molecular complexity index is 868. The van der Waals surface area contributed by atoms with Crippen molar-refractivity contribution in [3.05, 3.63) is 48.5 Å². The van der Waals surface area contributed by atoms with Crippen molar-refractivity contribution >= 4 is 5.95 Å². The minimum Gasteiger partial charge on any atom is -0.352 e. The number of halogens is 1. The van der Waals surface area contributed by atoms with Crippen LogP contribution in [0.25, 0.3) is 22.5 Å². The summed E-state index contributed by atoms with van der Waals surface area (Å²) in [5, 5.41) is 7.95. The monoisotopic (exact) mass is 353 g/mol. The van der Waals surface area contributed by atoms with Crippen LogP contribution in [0.1, 0.15) is 27.7 Å². The van der Waals surface area contributed by atoms with Crippen LogP contribution in [-0.2, 0) is 6.54 Å². The fourth-order valence-electron chi connectivity index (χ4n) is 2.73. The maximum absolute atomic E-state index is 13.3. The molecule has 0 radical (unpaired) electrons. The minimum absolute atomic E-state index is 0.241. The number of nitrogens with one attached hydrogen (secondary N) is 1. The summed E-state index contributed by atoms with van der Waals surface area (Å²) in [7, 11) is 0. The first-order valence-electron chi connectivity index (χ1n) is 8.85. The number of nitrogens with zero attached hydrogens (tertiary/aromatic N) is 4. The van der Waals surface area contributed by atoms with Crippen LogP contribution in [0.15, 0.2) is 42.7 Å². The Morgan fingerprint density at radius 2 is 1.81 bits per heavy atom. The Morgan fingerprint density at radius 1 is 1.08 bits per heavy atom. The van der Waals surface area contributed by atoms with Crippen molar-refractivity contribution in [1.29, 1.82) is 0 Å². The summed E-state index contributed by atoms with van der Waals surface area (Å²) in [6, 6.07) is 8.50. The normalized spacial score (nSPS) is 11.3. The van der Waals surface area contributed by atoms with Crippen molar-refractivity contribution in [2.45, 2.75) is 40.3 Å². The second-order valence-corrected chi connectivity index (χ2v) is 7.08. The Morgan fingerprint density at radius 3 is 2.46 bits per heavy atom. The van der Waals surface area contributed by atoms with Gasteiger partial charge in [-0.1, -0.05) is 13.8 Å². The molecule has 0 saturated carbocycles.